The van der Waals surface area contributed by atoms with E-state index >= 15 is 0 Å². The lowest BCUT2D eigenvalue weighted by Crippen LogP contribution is -2.00. The Balaban J connectivity index is 2.91. The number of aromatic nitrogens is 2. The average Bonchev–Trinajstić information content (AvgIpc) is 2.48. The Bertz CT molecular complexity index is 544. The Labute approximate surface area is 79.2 Å². The van der Waals surface area contributed by atoms with E-state index in [-0.39, 0.29) is 5.03 Å². The van der Waals surface area contributed by atoms with Crippen molar-refractivity contribution in [2.24, 2.45) is 0 Å². The van der Waals surface area contributed by atoms with E-state index in [1.807, 2.05) is 0 Å². The minimum Gasteiger partial charge on any atom is -0.225 e. The van der Waals surface area contributed by atoms with Crippen LogP contribution >= 0.6 is 11.3 Å². The molecule has 0 aliphatic rings. The molecule has 0 saturated heterocycles. The standard InChI is InChI=1S/C7H6N2O2S2/c1-13(10,11)7-5-2-3-12-6(5)8-4-9-7/h2-4H,1H3. The SMILES string of the molecule is CS(=O)(=O)c1ncnc2sccc12. The van der Waals surface area contributed by atoms with Crippen LogP contribution in [0.25, 0.3) is 10.2 Å². The molecule has 0 amide bonds. The van der Waals surface area contributed by atoms with Crippen molar-refractivity contribution in [2.45, 2.75) is 5.03 Å². The van der Waals surface area contributed by atoms with E-state index in [1.54, 1.807) is 11.4 Å². The summed E-state index contributed by atoms with van der Waals surface area (Å²) in [7, 11) is -3.24. The average molecular weight is 214 g/mol. The molecule has 4 nitrogen and oxygen atoms in total. The van der Waals surface area contributed by atoms with Crippen LogP contribution in [-0.2, 0) is 9.84 Å². The first-order valence-corrected chi connectivity index (χ1v) is 6.24. The van der Waals surface area contributed by atoms with Gasteiger partial charge in [-0.05, 0) is 11.4 Å². The Kier molecular flexibility index (Phi) is 1.81. The van der Waals surface area contributed by atoms with Crippen molar-refractivity contribution in [3.63, 3.8) is 0 Å². The molecule has 6 heteroatoms. The van der Waals surface area contributed by atoms with Crippen LogP contribution in [0.1, 0.15) is 0 Å². The van der Waals surface area contributed by atoms with Crippen molar-refractivity contribution in [3.8, 4) is 0 Å². The summed E-state index contributed by atoms with van der Waals surface area (Å²) < 4.78 is 22.5. The number of thiophene rings is 1. The third-order valence-electron chi connectivity index (χ3n) is 1.58. The largest absolute Gasteiger partial charge is 0.225 e. The van der Waals surface area contributed by atoms with Gasteiger partial charge in [0.25, 0.3) is 0 Å². The topological polar surface area (TPSA) is 59.9 Å². The summed E-state index contributed by atoms with van der Waals surface area (Å²) in [6.07, 6.45) is 2.42. The minimum atomic E-state index is -3.24. The molecule has 2 rings (SSSR count). The van der Waals surface area contributed by atoms with Gasteiger partial charge in [0.2, 0.25) is 0 Å². The Hall–Kier alpha value is -1.01. The van der Waals surface area contributed by atoms with Crippen molar-refractivity contribution in [3.05, 3.63) is 17.8 Å². The molecule has 0 saturated carbocycles. The van der Waals surface area contributed by atoms with Crippen LogP contribution in [0, 0.1) is 0 Å². The molecule has 68 valence electrons. The zero-order chi connectivity index (χ0) is 9.47. The summed E-state index contributed by atoms with van der Waals surface area (Å²) in [6.45, 7) is 0. The molecule has 0 unspecified atom stereocenters. The normalized spacial score (nSPS) is 12.1. The third-order valence-corrected chi connectivity index (χ3v) is 3.42. The van der Waals surface area contributed by atoms with E-state index < -0.39 is 9.84 Å². The first-order chi connectivity index (χ1) is 6.09. The molecule has 2 aromatic heterocycles. The maximum absolute atomic E-state index is 11.3. The van der Waals surface area contributed by atoms with Crippen molar-refractivity contribution in [1.82, 2.24) is 9.97 Å². The van der Waals surface area contributed by atoms with Gasteiger partial charge in [-0.1, -0.05) is 0 Å². The molecule has 0 radical (unpaired) electrons. The summed E-state index contributed by atoms with van der Waals surface area (Å²) in [4.78, 5) is 8.42. The second kappa shape index (κ2) is 2.74. The van der Waals surface area contributed by atoms with E-state index in [0.717, 1.165) is 6.26 Å². The first kappa shape index (κ1) is 8.58. The zero-order valence-corrected chi connectivity index (χ0v) is 8.39. The second-order valence-electron chi connectivity index (χ2n) is 2.59. The van der Waals surface area contributed by atoms with E-state index in [4.69, 9.17) is 0 Å². The number of nitrogens with zero attached hydrogens (tertiary/aromatic N) is 2. The summed E-state index contributed by atoms with van der Waals surface area (Å²) in [6, 6.07) is 1.72. The van der Waals surface area contributed by atoms with Crippen LogP contribution in [0.5, 0.6) is 0 Å². The van der Waals surface area contributed by atoms with E-state index in [9.17, 15) is 8.42 Å². The molecule has 0 spiro atoms. The van der Waals surface area contributed by atoms with Gasteiger partial charge in [-0.25, -0.2) is 18.4 Å². The molecular formula is C7H6N2O2S2. The van der Waals surface area contributed by atoms with Crippen molar-refractivity contribution in [1.29, 1.82) is 0 Å². The van der Waals surface area contributed by atoms with Crippen LogP contribution in [-0.4, -0.2) is 24.6 Å². The highest BCUT2D eigenvalue weighted by molar-refractivity contribution is 7.90. The highest BCUT2D eigenvalue weighted by Crippen LogP contribution is 2.22. The van der Waals surface area contributed by atoms with E-state index in [1.165, 1.54) is 17.7 Å². The molecule has 2 heterocycles. The van der Waals surface area contributed by atoms with Crippen LogP contribution in [0.4, 0.5) is 0 Å². The lowest BCUT2D eigenvalue weighted by Gasteiger charge is -1.96. The fraction of sp³-hybridized carbons (Fsp3) is 0.143. The van der Waals surface area contributed by atoms with Gasteiger partial charge < -0.3 is 0 Å². The van der Waals surface area contributed by atoms with Gasteiger partial charge in [0.05, 0.1) is 0 Å². The highest BCUT2D eigenvalue weighted by Gasteiger charge is 2.13. The lowest BCUT2D eigenvalue weighted by atomic mass is 10.4. The Morgan fingerprint density at radius 1 is 1.38 bits per heavy atom. The molecule has 0 aliphatic carbocycles. The van der Waals surface area contributed by atoms with Gasteiger partial charge in [-0.3, -0.25) is 0 Å². The second-order valence-corrected chi connectivity index (χ2v) is 5.42. The number of fused-ring (bicyclic) bond motifs is 1. The maximum atomic E-state index is 11.3. The third kappa shape index (κ3) is 1.42. The molecule has 0 N–H and O–H groups in total. The van der Waals surface area contributed by atoms with Gasteiger partial charge in [0.15, 0.2) is 14.9 Å². The minimum absolute atomic E-state index is 0.110. The smallest absolute Gasteiger partial charge is 0.193 e. The molecule has 0 aromatic carbocycles. The van der Waals surface area contributed by atoms with E-state index in [2.05, 4.69) is 9.97 Å². The van der Waals surface area contributed by atoms with Crippen molar-refractivity contribution in [2.75, 3.05) is 6.26 Å². The zero-order valence-electron chi connectivity index (χ0n) is 6.76. The highest BCUT2D eigenvalue weighted by atomic mass is 32.2. The van der Waals surface area contributed by atoms with Crippen LogP contribution in [0.3, 0.4) is 0 Å². The van der Waals surface area contributed by atoms with Crippen LogP contribution in [0.15, 0.2) is 22.8 Å². The van der Waals surface area contributed by atoms with Crippen LogP contribution in [0.2, 0.25) is 0 Å². The van der Waals surface area contributed by atoms with Gasteiger partial charge >= 0.3 is 0 Å². The number of hydrogen-bond acceptors (Lipinski definition) is 5. The molecule has 0 bridgehead atoms. The van der Waals surface area contributed by atoms with Gasteiger partial charge in [-0.15, -0.1) is 11.3 Å². The summed E-state index contributed by atoms with van der Waals surface area (Å²) >= 11 is 1.40. The maximum Gasteiger partial charge on any atom is 0.193 e. The number of sulfone groups is 1. The van der Waals surface area contributed by atoms with Crippen molar-refractivity contribution >= 4 is 31.4 Å². The molecule has 0 aliphatic heterocycles. The Morgan fingerprint density at radius 3 is 2.85 bits per heavy atom. The Morgan fingerprint density at radius 2 is 2.15 bits per heavy atom. The summed E-state index contributed by atoms with van der Waals surface area (Å²) in [5, 5.41) is 2.52. The van der Waals surface area contributed by atoms with E-state index in [0.29, 0.717) is 10.2 Å². The summed E-state index contributed by atoms with van der Waals surface area (Å²) in [5.74, 6) is 0. The van der Waals surface area contributed by atoms with Gasteiger partial charge in [-0.2, -0.15) is 0 Å². The lowest BCUT2D eigenvalue weighted by molar-refractivity contribution is 0.599. The predicted molar refractivity (Wildman–Crippen MR) is 50.5 cm³/mol. The summed E-state index contributed by atoms with van der Waals surface area (Å²) in [5.41, 5.74) is 0. The van der Waals surface area contributed by atoms with Gasteiger partial charge in [0.1, 0.15) is 11.2 Å². The molecule has 0 atom stereocenters. The fourth-order valence-electron chi connectivity index (χ4n) is 1.06. The molecule has 0 fully saturated rings. The molecular weight excluding hydrogens is 208 g/mol. The fourth-order valence-corrected chi connectivity index (χ4v) is 2.66. The number of hydrogen-bond donors (Lipinski definition) is 0. The number of rotatable bonds is 1. The quantitative estimate of drug-likeness (QED) is 0.667. The van der Waals surface area contributed by atoms with Crippen molar-refractivity contribution < 1.29 is 8.42 Å². The van der Waals surface area contributed by atoms with Crippen LogP contribution < -0.4 is 0 Å². The molecule has 13 heavy (non-hydrogen) atoms. The predicted octanol–water partition coefficient (Wildman–Crippen LogP) is 1.09. The monoisotopic (exact) mass is 214 g/mol. The molecule has 2 aromatic rings. The first-order valence-electron chi connectivity index (χ1n) is 3.47. The van der Waals surface area contributed by atoms with Gasteiger partial charge in [0, 0.05) is 11.6 Å².